The van der Waals surface area contributed by atoms with E-state index in [-0.39, 0.29) is 5.56 Å². The monoisotopic (exact) mass is 348 g/mol. The van der Waals surface area contributed by atoms with Crippen LogP contribution in [0.1, 0.15) is 11.7 Å². The average molecular weight is 348 g/mol. The number of rotatable bonds is 3. The molecule has 0 saturated heterocycles. The van der Waals surface area contributed by atoms with Gasteiger partial charge in [-0.3, -0.25) is 0 Å². The van der Waals surface area contributed by atoms with Gasteiger partial charge < -0.3 is 0 Å². The third kappa shape index (κ3) is 2.57. The number of para-hydroxylation sites is 1. The number of benzene rings is 1. The van der Waals surface area contributed by atoms with Crippen LogP contribution in [0.5, 0.6) is 0 Å². The number of fused-ring (bicyclic) bond motifs is 2. The quantitative estimate of drug-likeness (QED) is 0.449. The first-order chi connectivity index (χ1) is 10.7. The number of nitrogens with one attached hydrogen (secondary N) is 1. The minimum atomic E-state index is -0.0178. The predicted octanol–water partition coefficient (Wildman–Crippen LogP) is 3.02. The van der Waals surface area contributed by atoms with Gasteiger partial charge in [-0.25, -0.2) is 19.3 Å². The van der Waals surface area contributed by atoms with E-state index in [4.69, 9.17) is 0 Å². The lowest BCUT2D eigenvalue weighted by Crippen LogP contribution is -2.45. The summed E-state index contributed by atoms with van der Waals surface area (Å²) in [6, 6.07) is 10.3. The maximum absolute atomic E-state index is 11.5. The highest BCUT2D eigenvalue weighted by Gasteiger charge is 2.31. The number of H-pyrrole nitrogens is 1. The summed E-state index contributed by atoms with van der Waals surface area (Å²) in [4.78, 5) is 19.1. The normalized spacial score (nSPS) is 17.0. The minimum absolute atomic E-state index is 0.0178. The van der Waals surface area contributed by atoms with Crippen molar-refractivity contribution in [3.63, 3.8) is 0 Å². The van der Waals surface area contributed by atoms with Crippen LogP contribution in [0.15, 0.2) is 44.6 Å². The summed E-state index contributed by atoms with van der Waals surface area (Å²) in [6.07, 6.45) is 0. The standard InChI is InChI=1S/C15H13N3OS3/c1-9-6-13(19)17-14-18(9)10(7-20-14)8-21-15-16-11-4-2-3-5-12(11)22-15/h2-6,10H,7-8H2,1H3/p+1. The molecule has 1 aliphatic rings. The largest absolute Gasteiger partial charge is 0.336 e. The second-order valence-corrected chi connectivity index (χ2v) is 8.48. The van der Waals surface area contributed by atoms with Gasteiger partial charge in [0.2, 0.25) is 0 Å². The third-order valence-electron chi connectivity index (χ3n) is 3.62. The summed E-state index contributed by atoms with van der Waals surface area (Å²) in [7, 11) is 0. The van der Waals surface area contributed by atoms with Crippen molar-refractivity contribution in [2.45, 2.75) is 22.5 Å². The molecule has 0 saturated carbocycles. The maximum Gasteiger partial charge on any atom is 0.336 e. The zero-order valence-electron chi connectivity index (χ0n) is 11.9. The van der Waals surface area contributed by atoms with Crippen LogP contribution < -0.4 is 10.1 Å². The van der Waals surface area contributed by atoms with E-state index in [2.05, 4.69) is 26.7 Å². The molecule has 112 valence electrons. The highest BCUT2D eigenvalue weighted by Crippen LogP contribution is 2.33. The highest BCUT2D eigenvalue weighted by molar-refractivity contribution is 8.01. The Kier molecular flexibility index (Phi) is 3.71. The van der Waals surface area contributed by atoms with Crippen LogP contribution >= 0.6 is 34.9 Å². The van der Waals surface area contributed by atoms with Crippen LogP contribution in [0.4, 0.5) is 0 Å². The number of aromatic amines is 1. The molecule has 3 aromatic rings. The molecule has 0 fully saturated rings. The topological polar surface area (TPSA) is 49.6 Å². The number of aromatic nitrogens is 3. The zero-order chi connectivity index (χ0) is 15.1. The van der Waals surface area contributed by atoms with Crippen LogP contribution in [0.3, 0.4) is 0 Å². The summed E-state index contributed by atoms with van der Waals surface area (Å²) < 4.78 is 4.59. The van der Waals surface area contributed by atoms with Crippen molar-refractivity contribution in [2.24, 2.45) is 0 Å². The Bertz CT molecular complexity index is 869. The van der Waals surface area contributed by atoms with E-state index in [1.807, 2.05) is 19.1 Å². The first-order valence-corrected chi connectivity index (χ1v) is 9.76. The number of aryl methyl sites for hydroxylation is 1. The van der Waals surface area contributed by atoms with Crippen LogP contribution in [0, 0.1) is 6.92 Å². The smallest absolute Gasteiger partial charge is 0.241 e. The van der Waals surface area contributed by atoms with Gasteiger partial charge in [0.25, 0.3) is 0 Å². The van der Waals surface area contributed by atoms with Gasteiger partial charge in [0.15, 0.2) is 4.34 Å². The fourth-order valence-corrected chi connectivity index (χ4v) is 6.18. The predicted molar refractivity (Wildman–Crippen MR) is 92.1 cm³/mol. The summed E-state index contributed by atoms with van der Waals surface area (Å²) in [6.45, 7) is 2.00. The van der Waals surface area contributed by atoms with Crippen LogP contribution in [-0.2, 0) is 0 Å². The fraction of sp³-hybridized carbons (Fsp3) is 0.267. The average Bonchev–Trinajstić information content (AvgIpc) is 3.08. The highest BCUT2D eigenvalue weighted by atomic mass is 32.2. The van der Waals surface area contributed by atoms with E-state index in [9.17, 15) is 4.79 Å². The van der Waals surface area contributed by atoms with E-state index >= 15 is 0 Å². The van der Waals surface area contributed by atoms with Gasteiger partial charge in [-0.1, -0.05) is 23.9 Å². The lowest BCUT2D eigenvalue weighted by Gasteiger charge is -2.09. The van der Waals surface area contributed by atoms with Gasteiger partial charge in [0.05, 0.1) is 16.3 Å². The first kappa shape index (κ1) is 14.3. The molecular formula is C15H14N3OS3+. The summed E-state index contributed by atoms with van der Waals surface area (Å²) >= 11 is 5.27. The molecular weight excluding hydrogens is 334 g/mol. The Hall–Kier alpha value is -1.31. The molecule has 1 atom stereocenters. The van der Waals surface area contributed by atoms with E-state index in [0.29, 0.717) is 6.04 Å². The fourth-order valence-electron chi connectivity index (χ4n) is 2.63. The molecule has 0 aliphatic carbocycles. The molecule has 1 aromatic carbocycles. The first-order valence-electron chi connectivity index (χ1n) is 6.97. The molecule has 0 radical (unpaired) electrons. The summed E-state index contributed by atoms with van der Waals surface area (Å²) in [5, 5.41) is 0.972. The van der Waals surface area contributed by atoms with Gasteiger partial charge >= 0.3 is 10.7 Å². The Morgan fingerprint density at radius 2 is 2.32 bits per heavy atom. The molecule has 0 amide bonds. The third-order valence-corrected chi connectivity index (χ3v) is 7.07. The summed E-state index contributed by atoms with van der Waals surface area (Å²) in [5.41, 5.74) is 2.08. The number of thioether (sulfide) groups is 2. The molecule has 1 aliphatic heterocycles. The second-order valence-electron chi connectivity index (χ2n) is 5.17. The minimum Gasteiger partial charge on any atom is -0.241 e. The molecule has 7 heteroatoms. The molecule has 1 N–H and O–H groups in total. The molecule has 4 nitrogen and oxygen atoms in total. The molecule has 0 bridgehead atoms. The molecule has 4 rings (SSSR count). The van der Waals surface area contributed by atoms with E-state index in [1.54, 1.807) is 40.9 Å². The Morgan fingerprint density at radius 3 is 3.18 bits per heavy atom. The Labute approximate surface area is 140 Å². The number of hydrogen-bond donors (Lipinski definition) is 1. The van der Waals surface area contributed by atoms with Crippen molar-refractivity contribution in [3.05, 3.63) is 46.4 Å². The van der Waals surface area contributed by atoms with Gasteiger partial charge in [0, 0.05) is 11.5 Å². The van der Waals surface area contributed by atoms with Crippen molar-refractivity contribution in [3.8, 4) is 0 Å². The van der Waals surface area contributed by atoms with Crippen molar-refractivity contribution in [1.82, 2.24) is 9.97 Å². The van der Waals surface area contributed by atoms with Crippen molar-refractivity contribution < 1.29 is 4.57 Å². The van der Waals surface area contributed by atoms with Crippen molar-refractivity contribution in [2.75, 3.05) is 11.5 Å². The van der Waals surface area contributed by atoms with E-state index < -0.39 is 0 Å². The molecule has 2 aromatic heterocycles. The zero-order valence-corrected chi connectivity index (χ0v) is 14.4. The van der Waals surface area contributed by atoms with Gasteiger partial charge in [-0.05, 0) is 30.8 Å². The van der Waals surface area contributed by atoms with E-state index in [1.165, 1.54) is 4.70 Å². The molecule has 22 heavy (non-hydrogen) atoms. The number of hydrogen-bond acceptors (Lipinski definition) is 5. The van der Waals surface area contributed by atoms with Gasteiger partial charge in [-0.2, -0.15) is 0 Å². The van der Waals surface area contributed by atoms with Crippen LogP contribution in [0.2, 0.25) is 0 Å². The Balaban J connectivity index is 1.55. The van der Waals surface area contributed by atoms with Gasteiger partial charge in [-0.15, -0.1) is 11.3 Å². The molecule has 0 spiro atoms. The number of nitrogens with zero attached hydrogens (tertiary/aromatic N) is 2. The Morgan fingerprint density at radius 1 is 1.45 bits per heavy atom. The molecule has 1 unspecified atom stereocenters. The lowest BCUT2D eigenvalue weighted by molar-refractivity contribution is -0.752. The molecule has 3 heterocycles. The lowest BCUT2D eigenvalue weighted by atomic mass is 10.3. The van der Waals surface area contributed by atoms with Gasteiger partial charge in [0.1, 0.15) is 11.7 Å². The van der Waals surface area contributed by atoms with Crippen LogP contribution in [0.25, 0.3) is 10.2 Å². The second kappa shape index (κ2) is 5.72. The van der Waals surface area contributed by atoms with Crippen LogP contribution in [-0.4, -0.2) is 21.5 Å². The van der Waals surface area contributed by atoms with Crippen molar-refractivity contribution >= 4 is 45.1 Å². The maximum atomic E-state index is 11.5. The van der Waals surface area contributed by atoms with Crippen molar-refractivity contribution in [1.29, 1.82) is 0 Å². The number of thiazole rings is 1. The van der Waals surface area contributed by atoms with E-state index in [0.717, 1.165) is 32.2 Å². The SMILES string of the molecule is Cc1cc(=O)[nH]c2[n+]1C(CSc1nc3ccccc3s1)CS2. The summed E-state index contributed by atoms with van der Waals surface area (Å²) in [5.74, 6) is 1.97.